The molecule has 18 heavy (non-hydrogen) atoms. The second-order valence-corrected chi connectivity index (χ2v) is 5.98. The fourth-order valence-electron chi connectivity index (χ4n) is 1.61. The van der Waals surface area contributed by atoms with Gasteiger partial charge in [0.05, 0.1) is 14.6 Å². The number of carbonyl (C=O) groups excluding carboxylic acids is 1. The maximum Gasteiger partial charge on any atom is 0.160 e. The van der Waals surface area contributed by atoms with E-state index in [2.05, 4.69) is 9.97 Å². The fourth-order valence-corrected chi connectivity index (χ4v) is 3.56. The summed E-state index contributed by atoms with van der Waals surface area (Å²) < 4.78 is 1.06. The molecular formula is C13H8N2OS2. The number of thiophene rings is 1. The Bertz CT molecular complexity index is 704. The number of hydrogen-bond acceptors (Lipinski definition) is 5. The van der Waals surface area contributed by atoms with Crippen LogP contribution in [0.2, 0.25) is 0 Å². The molecule has 88 valence electrons. The average Bonchev–Trinajstić information content (AvgIpc) is 2.87. The molecule has 0 saturated heterocycles. The zero-order valence-electron chi connectivity index (χ0n) is 9.24. The highest BCUT2D eigenvalue weighted by atomic mass is 32.2. The summed E-state index contributed by atoms with van der Waals surface area (Å²) in [5, 5.41) is 1.95. The molecule has 0 spiro atoms. The zero-order chi connectivity index (χ0) is 12.4. The largest absolute Gasteiger partial charge is 0.297 e. The number of aromatic nitrogens is 2. The van der Waals surface area contributed by atoms with Gasteiger partial charge in [-0.25, -0.2) is 9.97 Å². The first-order chi connectivity index (χ1) is 8.86. The molecule has 0 unspecified atom stereocenters. The van der Waals surface area contributed by atoms with Gasteiger partial charge in [-0.1, -0.05) is 30.0 Å². The zero-order valence-corrected chi connectivity index (χ0v) is 10.9. The Balaban J connectivity index is 2.01. The second kappa shape index (κ2) is 4.88. The van der Waals surface area contributed by atoms with E-state index < -0.39 is 0 Å². The van der Waals surface area contributed by atoms with E-state index in [0.717, 1.165) is 31.3 Å². The number of rotatable bonds is 3. The van der Waals surface area contributed by atoms with Gasteiger partial charge in [0.25, 0.3) is 0 Å². The normalized spacial score (nSPS) is 10.7. The molecule has 2 heterocycles. The van der Waals surface area contributed by atoms with E-state index in [9.17, 15) is 4.79 Å². The van der Waals surface area contributed by atoms with E-state index in [4.69, 9.17) is 0 Å². The molecule has 0 saturated carbocycles. The predicted octanol–water partition coefficient (Wildman–Crippen LogP) is 3.66. The average molecular weight is 272 g/mol. The van der Waals surface area contributed by atoms with Gasteiger partial charge in [0.15, 0.2) is 6.29 Å². The molecule has 5 heteroatoms. The SMILES string of the molecule is O=Cc1ccc(Sc2ncnc3ccccc23)s1. The lowest BCUT2D eigenvalue weighted by Gasteiger charge is -2.02. The van der Waals surface area contributed by atoms with Gasteiger partial charge >= 0.3 is 0 Å². The summed E-state index contributed by atoms with van der Waals surface area (Å²) in [6.07, 6.45) is 2.44. The number of aldehydes is 1. The van der Waals surface area contributed by atoms with Crippen LogP contribution >= 0.6 is 23.1 Å². The smallest absolute Gasteiger partial charge is 0.160 e. The molecule has 0 atom stereocenters. The van der Waals surface area contributed by atoms with Gasteiger partial charge in [0, 0.05) is 5.39 Å². The van der Waals surface area contributed by atoms with Crippen molar-refractivity contribution in [2.45, 2.75) is 9.24 Å². The molecule has 0 aliphatic rings. The van der Waals surface area contributed by atoms with E-state index in [-0.39, 0.29) is 0 Å². The lowest BCUT2D eigenvalue weighted by molar-refractivity contribution is 0.112. The van der Waals surface area contributed by atoms with Gasteiger partial charge in [-0.15, -0.1) is 11.3 Å². The number of benzene rings is 1. The van der Waals surface area contributed by atoms with Crippen molar-refractivity contribution in [2.75, 3.05) is 0 Å². The highest BCUT2D eigenvalue weighted by Crippen LogP contribution is 2.34. The van der Waals surface area contributed by atoms with Crippen LogP contribution in [0.15, 0.2) is 52.0 Å². The van der Waals surface area contributed by atoms with Crippen LogP contribution in [0.4, 0.5) is 0 Å². The summed E-state index contributed by atoms with van der Waals surface area (Å²) in [5.41, 5.74) is 0.933. The van der Waals surface area contributed by atoms with E-state index in [1.165, 1.54) is 11.3 Å². The number of carbonyl (C=O) groups is 1. The molecule has 3 rings (SSSR count). The van der Waals surface area contributed by atoms with Crippen LogP contribution in [0, 0.1) is 0 Å². The molecule has 1 aromatic carbocycles. The van der Waals surface area contributed by atoms with E-state index in [0.29, 0.717) is 0 Å². The minimum atomic E-state index is 0.732. The van der Waals surface area contributed by atoms with Crippen LogP contribution in [0.25, 0.3) is 10.9 Å². The topological polar surface area (TPSA) is 42.9 Å². The summed E-state index contributed by atoms with van der Waals surface area (Å²) >= 11 is 3.03. The molecule has 0 N–H and O–H groups in total. The van der Waals surface area contributed by atoms with Gasteiger partial charge in [0.1, 0.15) is 11.4 Å². The Morgan fingerprint density at radius 3 is 2.83 bits per heavy atom. The van der Waals surface area contributed by atoms with Crippen molar-refractivity contribution in [3.05, 3.63) is 47.6 Å². The summed E-state index contributed by atoms with van der Waals surface area (Å²) in [6.45, 7) is 0. The van der Waals surface area contributed by atoms with Crippen molar-refractivity contribution in [1.29, 1.82) is 0 Å². The number of fused-ring (bicyclic) bond motifs is 1. The third-order valence-electron chi connectivity index (χ3n) is 2.42. The first-order valence-corrected chi connectivity index (χ1v) is 6.93. The van der Waals surface area contributed by atoms with Gasteiger partial charge in [-0.3, -0.25) is 4.79 Å². The molecule has 0 bridgehead atoms. The molecule has 0 aliphatic carbocycles. The molecule has 0 amide bonds. The first-order valence-electron chi connectivity index (χ1n) is 5.29. The van der Waals surface area contributed by atoms with Crippen molar-refractivity contribution in [3.63, 3.8) is 0 Å². The molecule has 0 radical (unpaired) electrons. The second-order valence-electron chi connectivity index (χ2n) is 3.57. The van der Waals surface area contributed by atoms with Crippen LogP contribution in [-0.4, -0.2) is 16.3 Å². The number of para-hydroxylation sites is 1. The number of hydrogen-bond donors (Lipinski definition) is 0. The van der Waals surface area contributed by atoms with Crippen molar-refractivity contribution in [3.8, 4) is 0 Å². The van der Waals surface area contributed by atoms with Crippen molar-refractivity contribution >= 4 is 40.3 Å². The molecule has 3 aromatic rings. The molecule has 0 fully saturated rings. The minimum Gasteiger partial charge on any atom is -0.297 e. The molecule has 2 aromatic heterocycles. The lowest BCUT2D eigenvalue weighted by atomic mass is 10.2. The van der Waals surface area contributed by atoms with Gasteiger partial charge in [0.2, 0.25) is 0 Å². The van der Waals surface area contributed by atoms with E-state index in [1.54, 1.807) is 18.1 Å². The Morgan fingerprint density at radius 1 is 1.11 bits per heavy atom. The Kier molecular flexibility index (Phi) is 3.08. The first kappa shape index (κ1) is 11.4. The highest BCUT2D eigenvalue weighted by Gasteiger charge is 2.07. The Labute approximate surface area is 112 Å². The fraction of sp³-hybridized carbons (Fsp3) is 0. The van der Waals surface area contributed by atoms with Crippen LogP contribution in [0.3, 0.4) is 0 Å². The third kappa shape index (κ3) is 2.14. The predicted molar refractivity (Wildman–Crippen MR) is 73.4 cm³/mol. The monoisotopic (exact) mass is 272 g/mol. The maximum atomic E-state index is 10.7. The Hall–Kier alpha value is -1.72. The summed E-state index contributed by atoms with van der Waals surface area (Å²) in [7, 11) is 0. The summed E-state index contributed by atoms with van der Waals surface area (Å²) in [4.78, 5) is 19.9. The minimum absolute atomic E-state index is 0.732. The third-order valence-corrected chi connectivity index (χ3v) is 4.58. The highest BCUT2D eigenvalue weighted by molar-refractivity contribution is 8.01. The molecule has 0 aliphatic heterocycles. The maximum absolute atomic E-state index is 10.7. The van der Waals surface area contributed by atoms with Crippen molar-refractivity contribution in [2.24, 2.45) is 0 Å². The van der Waals surface area contributed by atoms with E-state index in [1.807, 2.05) is 36.4 Å². The molecule has 3 nitrogen and oxygen atoms in total. The molecular weight excluding hydrogens is 264 g/mol. The lowest BCUT2D eigenvalue weighted by Crippen LogP contribution is -1.85. The van der Waals surface area contributed by atoms with Gasteiger partial charge in [-0.2, -0.15) is 0 Å². The number of nitrogens with zero attached hydrogens (tertiary/aromatic N) is 2. The van der Waals surface area contributed by atoms with Crippen LogP contribution in [0.1, 0.15) is 9.67 Å². The van der Waals surface area contributed by atoms with Gasteiger partial charge in [-0.05, 0) is 18.2 Å². The quantitative estimate of drug-likeness (QED) is 0.539. The standard InChI is InChI=1S/C13H8N2OS2/c16-7-9-5-6-12(17-9)18-13-10-3-1-2-4-11(10)14-8-15-13/h1-8H. The van der Waals surface area contributed by atoms with Crippen molar-refractivity contribution in [1.82, 2.24) is 9.97 Å². The van der Waals surface area contributed by atoms with Crippen LogP contribution in [-0.2, 0) is 0 Å². The van der Waals surface area contributed by atoms with Crippen LogP contribution < -0.4 is 0 Å². The van der Waals surface area contributed by atoms with E-state index >= 15 is 0 Å². The summed E-state index contributed by atoms with van der Waals surface area (Å²) in [5.74, 6) is 0. The van der Waals surface area contributed by atoms with Crippen LogP contribution in [0.5, 0.6) is 0 Å². The Morgan fingerprint density at radius 2 is 2.00 bits per heavy atom. The summed E-state index contributed by atoms with van der Waals surface area (Å²) in [6, 6.07) is 11.7. The van der Waals surface area contributed by atoms with Gasteiger partial charge < -0.3 is 0 Å². The van der Waals surface area contributed by atoms with Crippen molar-refractivity contribution < 1.29 is 4.79 Å².